The quantitative estimate of drug-likeness (QED) is 0.0263. The van der Waals surface area contributed by atoms with Crippen LogP contribution in [0.1, 0.15) is 213 Å². The van der Waals surface area contributed by atoms with Gasteiger partial charge in [-0.1, -0.05) is 201 Å². The van der Waals surface area contributed by atoms with E-state index < -0.39 is 6.10 Å². The van der Waals surface area contributed by atoms with E-state index in [0.29, 0.717) is 19.3 Å². The van der Waals surface area contributed by atoms with Gasteiger partial charge in [0.1, 0.15) is 13.2 Å². The third-order valence-electron chi connectivity index (χ3n) is 10.1. The van der Waals surface area contributed by atoms with Gasteiger partial charge in [0.25, 0.3) is 0 Å². The van der Waals surface area contributed by atoms with Crippen molar-refractivity contribution in [1.82, 2.24) is 0 Å². The van der Waals surface area contributed by atoms with Gasteiger partial charge in [-0.25, -0.2) is 0 Å². The summed E-state index contributed by atoms with van der Waals surface area (Å²) in [6.07, 6.45) is 64.0. The molecular weight excluding hydrogens is 757 g/mol. The van der Waals surface area contributed by atoms with Crippen LogP contribution in [0.5, 0.6) is 0 Å². The summed E-state index contributed by atoms with van der Waals surface area (Å²) < 4.78 is 16.7. The first-order chi connectivity index (χ1) is 30.0. The number of rotatable bonds is 43. The normalized spacial score (nSPS) is 12.9. The van der Waals surface area contributed by atoms with Crippen LogP contribution in [0.3, 0.4) is 0 Å². The van der Waals surface area contributed by atoms with Gasteiger partial charge < -0.3 is 14.2 Å². The third-order valence-corrected chi connectivity index (χ3v) is 10.1. The average molecular weight is 847 g/mol. The molecule has 0 radical (unpaired) electrons. The molecule has 0 saturated carbocycles. The number of carbonyl (C=O) groups excluding carboxylic acids is 3. The summed E-state index contributed by atoms with van der Waals surface area (Å²) in [7, 11) is 0. The Morgan fingerprint density at radius 2 is 0.656 bits per heavy atom. The smallest absolute Gasteiger partial charge is 0.306 e. The van der Waals surface area contributed by atoms with Gasteiger partial charge in [0.2, 0.25) is 0 Å². The summed E-state index contributed by atoms with van der Waals surface area (Å²) in [4.78, 5) is 37.8. The Morgan fingerprint density at radius 1 is 0.344 bits per heavy atom. The molecule has 0 rings (SSSR count). The number of hydrogen-bond acceptors (Lipinski definition) is 6. The standard InChI is InChI=1S/C55H90O6/c1-4-7-10-13-16-19-22-24-25-26-27-28-29-31-33-36-39-42-45-48-54(57)60-51-52(50-59-53(56)47-44-41-38-35-32-21-18-15-12-9-6-3)61-55(58)49-46-43-40-37-34-30-23-20-17-14-11-8-5-2/h7,9-10,12,16,18-19,21,24-25,27-28,31,33,35,38,52H,4-6,8,11,13-15,17,20,22-23,26,29-30,32,34,36-37,39-51H2,1-3H3/b10-7-,12-9-,19-16-,21-18-,25-24-,28-27-,33-31-,38-35-. The van der Waals surface area contributed by atoms with Crippen LogP contribution in [0, 0.1) is 0 Å². The van der Waals surface area contributed by atoms with Gasteiger partial charge in [-0.15, -0.1) is 0 Å². The topological polar surface area (TPSA) is 78.9 Å². The SMILES string of the molecule is CC/C=C\C/C=C\C/C=C\C/C=C\C/C=C\CCCCCC(=O)OCC(COC(=O)CCC/C=C\C/C=C\C/C=C\CC)OC(=O)CCCCCCCCCCCCCCC. The highest BCUT2D eigenvalue weighted by Gasteiger charge is 2.19. The first-order valence-electron chi connectivity index (χ1n) is 24.7. The lowest BCUT2D eigenvalue weighted by atomic mass is 10.0. The molecule has 0 aliphatic rings. The fourth-order valence-electron chi connectivity index (χ4n) is 6.43. The van der Waals surface area contributed by atoms with Crippen molar-refractivity contribution in [2.24, 2.45) is 0 Å². The van der Waals surface area contributed by atoms with Gasteiger partial charge in [0, 0.05) is 19.3 Å². The molecule has 0 bridgehead atoms. The van der Waals surface area contributed by atoms with Crippen molar-refractivity contribution < 1.29 is 28.6 Å². The van der Waals surface area contributed by atoms with E-state index in [4.69, 9.17) is 14.2 Å². The summed E-state index contributed by atoms with van der Waals surface area (Å²) in [5.74, 6) is -0.999. The monoisotopic (exact) mass is 847 g/mol. The summed E-state index contributed by atoms with van der Waals surface area (Å²) in [6, 6.07) is 0. The van der Waals surface area contributed by atoms with Crippen molar-refractivity contribution in [3.8, 4) is 0 Å². The van der Waals surface area contributed by atoms with Crippen LogP contribution in [0.2, 0.25) is 0 Å². The molecule has 0 fully saturated rings. The highest BCUT2D eigenvalue weighted by molar-refractivity contribution is 5.71. The number of unbranched alkanes of at least 4 members (excludes halogenated alkanes) is 16. The fourth-order valence-corrected chi connectivity index (χ4v) is 6.43. The zero-order valence-electron chi connectivity index (χ0n) is 39.4. The molecule has 0 aromatic heterocycles. The van der Waals surface area contributed by atoms with Crippen molar-refractivity contribution in [1.29, 1.82) is 0 Å². The molecule has 0 saturated heterocycles. The lowest BCUT2D eigenvalue weighted by molar-refractivity contribution is -0.167. The molecule has 6 heteroatoms. The minimum atomic E-state index is -0.809. The van der Waals surface area contributed by atoms with Crippen molar-refractivity contribution in [2.75, 3.05) is 13.2 Å². The van der Waals surface area contributed by atoms with Gasteiger partial charge in [0.15, 0.2) is 6.10 Å². The molecule has 0 aliphatic carbocycles. The first-order valence-corrected chi connectivity index (χ1v) is 24.7. The first kappa shape index (κ1) is 57.3. The van der Waals surface area contributed by atoms with Crippen LogP contribution in [0.4, 0.5) is 0 Å². The highest BCUT2D eigenvalue weighted by atomic mass is 16.6. The fraction of sp³-hybridized carbons (Fsp3) is 0.655. The molecule has 0 heterocycles. The van der Waals surface area contributed by atoms with E-state index in [9.17, 15) is 14.4 Å². The number of carbonyl (C=O) groups is 3. The molecule has 61 heavy (non-hydrogen) atoms. The molecule has 346 valence electrons. The molecule has 0 spiro atoms. The van der Waals surface area contributed by atoms with Gasteiger partial charge in [-0.2, -0.15) is 0 Å². The van der Waals surface area contributed by atoms with Gasteiger partial charge in [-0.3, -0.25) is 14.4 Å². The predicted molar refractivity (Wildman–Crippen MR) is 260 cm³/mol. The second kappa shape index (κ2) is 49.0. The Kier molecular flexibility index (Phi) is 46.0. The van der Waals surface area contributed by atoms with Crippen LogP contribution in [-0.4, -0.2) is 37.2 Å². The lowest BCUT2D eigenvalue weighted by Crippen LogP contribution is -2.30. The average Bonchev–Trinajstić information content (AvgIpc) is 3.26. The molecule has 0 N–H and O–H groups in total. The van der Waals surface area contributed by atoms with Gasteiger partial charge >= 0.3 is 17.9 Å². The zero-order valence-corrected chi connectivity index (χ0v) is 39.4. The molecule has 0 aliphatic heterocycles. The third kappa shape index (κ3) is 47.2. The number of allylic oxidation sites excluding steroid dienone is 16. The Bertz CT molecular complexity index is 1250. The molecule has 0 amide bonds. The van der Waals surface area contributed by atoms with Crippen LogP contribution in [0.15, 0.2) is 97.2 Å². The highest BCUT2D eigenvalue weighted by Crippen LogP contribution is 2.14. The second-order valence-corrected chi connectivity index (χ2v) is 16.0. The molecule has 0 aromatic carbocycles. The number of ether oxygens (including phenoxy) is 3. The van der Waals surface area contributed by atoms with E-state index in [-0.39, 0.29) is 37.5 Å². The largest absolute Gasteiger partial charge is 0.462 e. The van der Waals surface area contributed by atoms with E-state index >= 15 is 0 Å². The van der Waals surface area contributed by atoms with Crippen molar-refractivity contribution >= 4 is 17.9 Å². The molecular formula is C55H90O6. The maximum atomic E-state index is 12.8. The van der Waals surface area contributed by atoms with Crippen LogP contribution in [-0.2, 0) is 28.6 Å². The number of hydrogen-bond donors (Lipinski definition) is 0. The van der Waals surface area contributed by atoms with Gasteiger partial charge in [0.05, 0.1) is 0 Å². The van der Waals surface area contributed by atoms with Crippen molar-refractivity contribution in [2.45, 2.75) is 219 Å². The van der Waals surface area contributed by atoms with E-state index in [0.717, 1.165) is 103 Å². The van der Waals surface area contributed by atoms with E-state index in [1.54, 1.807) is 0 Å². The Morgan fingerprint density at radius 3 is 1.07 bits per heavy atom. The molecule has 1 atom stereocenters. The Balaban J connectivity index is 4.47. The minimum Gasteiger partial charge on any atom is -0.462 e. The summed E-state index contributed by atoms with van der Waals surface area (Å²) in [6.45, 7) is 6.31. The maximum Gasteiger partial charge on any atom is 0.306 e. The summed E-state index contributed by atoms with van der Waals surface area (Å²) >= 11 is 0. The number of esters is 3. The van der Waals surface area contributed by atoms with Crippen LogP contribution in [0.25, 0.3) is 0 Å². The van der Waals surface area contributed by atoms with Crippen LogP contribution >= 0.6 is 0 Å². The molecule has 6 nitrogen and oxygen atoms in total. The zero-order chi connectivity index (χ0) is 44.4. The predicted octanol–water partition coefficient (Wildman–Crippen LogP) is 16.2. The second-order valence-electron chi connectivity index (χ2n) is 16.0. The van der Waals surface area contributed by atoms with Crippen molar-refractivity contribution in [3.05, 3.63) is 97.2 Å². The van der Waals surface area contributed by atoms with E-state index in [1.807, 2.05) is 0 Å². The Hall–Kier alpha value is -3.67. The minimum absolute atomic E-state index is 0.110. The molecule has 0 aromatic rings. The lowest BCUT2D eigenvalue weighted by Gasteiger charge is -2.18. The summed E-state index contributed by atoms with van der Waals surface area (Å²) in [5.41, 5.74) is 0. The summed E-state index contributed by atoms with van der Waals surface area (Å²) in [5, 5.41) is 0. The Labute approximate surface area is 375 Å². The van der Waals surface area contributed by atoms with E-state index in [2.05, 4.69) is 118 Å². The van der Waals surface area contributed by atoms with Crippen LogP contribution < -0.4 is 0 Å². The maximum absolute atomic E-state index is 12.8. The van der Waals surface area contributed by atoms with Crippen molar-refractivity contribution in [3.63, 3.8) is 0 Å². The molecule has 1 unspecified atom stereocenters. The van der Waals surface area contributed by atoms with E-state index in [1.165, 1.54) is 64.2 Å². The van der Waals surface area contributed by atoms with Gasteiger partial charge in [-0.05, 0) is 89.9 Å².